The van der Waals surface area contributed by atoms with Gasteiger partial charge in [0.15, 0.2) is 0 Å². The molecule has 1 atom stereocenters. The predicted octanol–water partition coefficient (Wildman–Crippen LogP) is 10.2. The highest BCUT2D eigenvalue weighted by atomic mass is 16.2. The van der Waals surface area contributed by atoms with E-state index >= 15 is 0 Å². The lowest BCUT2D eigenvalue weighted by molar-refractivity contribution is -0.128. The average molecular weight is 614 g/mol. The number of hydrogen-bond acceptors (Lipinski definition) is 3. The molecule has 4 N–H and O–H groups in total. The first kappa shape index (κ1) is 41.9. The van der Waals surface area contributed by atoms with E-state index in [9.17, 15) is 9.59 Å². The van der Waals surface area contributed by atoms with Crippen molar-refractivity contribution in [2.24, 2.45) is 5.73 Å². The molecule has 0 rings (SSSR count). The van der Waals surface area contributed by atoms with Gasteiger partial charge in [-0.25, -0.2) is 0 Å². The molecule has 0 aromatic rings. The van der Waals surface area contributed by atoms with Crippen LogP contribution in [0.4, 0.5) is 0 Å². The minimum absolute atomic E-state index is 0.0741. The van der Waals surface area contributed by atoms with E-state index in [0.29, 0.717) is 13.0 Å². The van der Waals surface area contributed by atoms with Crippen LogP contribution in [0.15, 0.2) is 48.6 Å². The largest absolute Gasteiger partial charge is 0.354 e. The summed E-state index contributed by atoms with van der Waals surface area (Å²) in [6, 6.07) is -0.634. The standard InChI is InChI=1S/C39H71N3O2/c1-3-5-7-9-11-13-15-17-19-21-23-25-27-29-31-33-35-41-39(44)37(36-40)42-38(43)34-32-30-28-26-24-22-20-18-16-14-12-10-8-6-4-2/h11-14,17-20,37H,3-10,15-16,21-36,40H2,1-2H3,(H,41,44)(H,42,43)/b13-11-,14-12-,19-17-,20-18-. The molecule has 1 unspecified atom stereocenters. The van der Waals surface area contributed by atoms with Gasteiger partial charge >= 0.3 is 0 Å². The maximum atomic E-state index is 12.5. The smallest absolute Gasteiger partial charge is 0.243 e. The van der Waals surface area contributed by atoms with Gasteiger partial charge in [0, 0.05) is 19.5 Å². The zero-order valence-electron chi connectivity index (χ0n) is 29.0. The summed E-state index contributed by atoms with van der Waals surface area (Å²) in [6.07, 6.45) is 46.0. The Bertz CT molecular complexity index is 756. The number of nitrogens with one attached hydrogen (secondary N) is 2. The second-order valence-electron chi connectivity index (χ2n) is 12.2. The Labute approximate surface area is 273 Å². The molecule has 0 aromatic heterocycles. The van der Waals surface area contributed by atoms with Gasteiger partial charge in [-0.15, -0.1) is 0 Å². The van der Waals surface area contributed by atoms with E-state index in [2.05, 4.69) is 73.1 Å². The molecule has 0 aliphatic heterocycles. The summed E-state index contributed by atoms with van der Waals surface area (Å²) in [7, 11) is 0. The van der Waals surface area contributed by atoms with Gasteiger partial charge in [-0.05, 0) is 77.0 Å². The van der Waals surface area contributed by atoms with Crippen LogP contribution in [0.5, 0.6) is 0 Å². The summed E-state index contributed by atoms with van der Waals surface area (Å²) in [4.78, 5) is 24.8. The number of unbranched alkanes of at least 4 members (excludes halogenated alkanes) is 17. The van der Waals surface area contributed by atoms with E-state index < -0.39 is 6.04 Å². The Morgan fingerprint density at radius 2 is 0.955 bits per heavy atom. The number of amides is 2. The van der Waals surface area contributed by atoms with Gasteiger partial charge in [-0.2, -0.15) is 0 Å². The number of carbonyl (C=O) groups excluding carboxylic acids is 2. The van der Waals surface area contributed by atoms with Crippen molar-refractivity contribution in [3.8, 4) is 0 Å². The van der Waals surface area contributed by atoms with Crippen LogP contribution >= 0.6 is 0 Å². The molecule has 0 saturated heterocycles. The van der Waals surface area contributed by atoms with E-state index in [4.69, 9.17) is 5.73 Å². The van der Waals surface area contributed by atoms with Gasteiger partial charge in [0.05, 0.1) is 0 Å². The van der Waals surface area contributed by atoms with E-state index in [1.54, 1.807) is 0 Å². The molecule has 44 heavy (non-hydrogen) atoms. The van der Waals surface area contributed by atoms with E-state index in [1.165, 1.54) is 96.3 Å². The van der Waals surface area contributed by atoms with Crippen molar-refractivity contribution in [3.63, 3.8) is 0 Å². The van der Waals surface area contributed by atoms with Gasteiger partial charge in [-0.1, -0.05) is 133 Å². The zero-order chi connectivity index (χ0) is 32.2. The zero-order valence-corrected chi connectivity index (χ0v) is 29.0. The van der Waals surface area contributed by atoms with E-state index in [1.807, 2.05) is 0 Å². The van der Waals surface area contributed by atoms with Crippen molar-refractivity contribution in [2.75, 3.05) is 13.1 Å². The molecular weight excluding hydrogens is 542 g/mol. The van der Waals surface area contributed by atoms with Gasteiger partial charge in [0.2, 0.25) is 11.8 Å². The van der Waals surface area contributed by atoms with Crippen molar-refractivity contribution in [1.29, 1.82) is 0 Å². The molecule has 0 heterocycles. The van der Waals surface area contributed by atoms with Crippen LogP contribution in [0.2, 0.25) is 0 Å². The first-order valence-corrected chi connectivity index (χ1v) is 18.5. The lowest BCUT2D eigenvalue weighted by Crippen LogP contribution is -2.50. The van der Waals surface area contributed by atoms with Crippen LogP contribution in [0, 0.1) is 0 Å². The molecule has 0 aliphatic rings. The topological polar surface area (TPSA) is 84.2 Å². The summed E-state index contributed by atoms with van der Waals surface area (Å²) < 4.78 is 0. The van der Waals surface area contributed by atoms with Crippen molar-refractivity contribution >= 4 is 11.8 Å². The van der Waals surface area contributed by atoms with Crippen LogP contribution in [-0.4, -0.2) is 30.9 Å². The predicted molar refractivity (Wildman–Crippen MR) is 193 cm³/mol. The van der Waals surface area contributed by atoms with Crippen molar-refractivity contribution < 1.29 is 9.59 Å². The molecule has 0 aromatic carbocycles. The maximum Gasteiger partial charge on any atom is 0.243 e. The van der Waals surface area contributed by atoms with Crippen molar-refractivity contribution in [3.05, 3.63) is 48.6 Å². The third kappa shape index (κ3) is 31.3. The molecule has 0 fully saturated rings. The molecule has 2 amide bonds. The number of carbonyl (C=O) groups is 2. The Balaban J connectivity index is 3.64. The van der Waals surface area contributed by atoms with Gasteiger partial charge in [-0.3, -0.25) is 9.59 Å². The Kier molecular flexibility index (Phi) is 33.6. The fourth-order valence-corrected chi connectivity index (χ4v) is 5.04. The lowest BCUT2D eigenvalue weighted by Gasteiger charge is -2.16. The molecule has 0 spiro atoms. The highest BCUT2D eigenvalue weighted by Gasteiger charge is 2.18. The summed E-state index contributed by atoms with van der Waals surface area (Å²) in [5, 5.41) is 5.78. The van der Waals surface area contributed by atoms with Crippen LogP contribution in [0.25, 0.3) is 0 Å². The Hall–Kier alpha value is -2.14. The summed E-state index contributed by atoms with van der Waals surface area (Å²) in [5.74, 6) is -0.238. The third-order valence-corrected chi connectivity index (χ3v) is 7.92. The molecule has 0 aliphatic carbocycles. The van der Waals surface area contributed by atoms with Gasteiger partial charge in [0.1, 0.15) is 6.04 Å². The minimum Gasteiger partial charge on any atom is -0.354 e. The summed E-state index contributed by atoms with van der Waals surface area (Å²) >= 11 is 0. The highest BCUT2D eigenvalue weighted by molar-refractivity contribution is 5.87. The number of rotatable bonds is 32. The summed E-state index contributed by atoms with van der Waals surface area (Å²) in [5.41, 5.74) is 5.78. The van der Waals surface area contributed by atoms with Crippen LogP contribution in [-0.2, 0) is 9.59 Å². The average Bonchev–Trinajstić information content (AvgIpc) is 3.03. The lowest BCUT2D eigenvalue weighted by atomic mass is 10.1. The molecular formula is C39H71N3O2. The molecule has 5 heteroatoms. The van der Waals surface area contributed by atoms with E-state index in [-0.39, 0.29) is 18.4 Å². The molecule has 0 saturated carbocycles. The SMILES string of the molecule is CCCCC/C=C\C/C=C\CCCCCCCCNC(=O)C(CN)NC(=O)CCCCCCC/C=C\C/C=C\CCCCC. The van der Waals surface area contributed by atoms with Crippen LogP contribution < -0.4 is 16.4 Å². The van der Waals surface area contributed by atoms with Crippen molar-refractivity contribution in [1.82, 2.24) is 10.6 Å². The molecule has 5 nitrogen and oxygen atoms in total. The van der Waals surface area contributed by atoms with Crippen LogP contribution in [0.3, 0.4) is 0 Å². The Morgan fingerprint density at radius 1 is 0.545 bits per heavy atom. The number of hydrogen-bond donors (Lipinski definition) is 3. The fourth-order valence-electron chi connectivity index (χ4n) is 5.04. The Morgan fingerprint density at radius 3 is 1.41 bits per heavy atom. The molecule has 0 radical (unpaired) electrons. The van der Waals surface area contributed by atoms with Gasteiger partial charge < -0.3 is 16.4 Å². The maximum absolute atomic E-state index is 12.5. The van der Waals surface area contributed by atoms with Crippen LogP contribution in [0.1, 0.15) is 168 Å². The molecule has 254 valence electrons. The minimum atomic E-state index is -0.634. The molecule has 0 bridgehead atoms. The first-order valence-electron chi connectivity index (χ1n) is 18.5. The third-order valence-electron chi connectivity index (χ3n) is 7.92. The number of nitrogens with two attached hydrogens (primary N) is 1. The first-order chi connectivity index (χ1) is 21.7. The normalized spacial score (nSPS) is 12.7. The van der Waals surface area contributed by atoms with Gasteiger partial charge in [0.25, 0.3) is 0 Å². The second-order valence-corrected chi connectivity index (χ2v) is 12.2. The summed E-state index contributed by atoms with van der Waals surface area (Å²) in [6.45, 7) is 5.26. The van der Waals surface area contributed by atoms with Crippen molar-refractivity contribution in [2.45, 2.75) is 174 Å². The highest BCUT2D eigenvalue weighted by Crippen LogP contribution is 2.09. The number of allylic oxidation sites excluding steroid dienone is 8. The second kappa shape index (κ2) is 35.3. The quantitative estimate of drug-likeness (QED) is 0.0521. The fraction of sp³-hybridized carbons (Fsp3) is 0.744. The monoisotopic (exact) mass is 614 g/mol. The van der Waals surface area contributed by atoms with E-state index in [0.717, 1.165) is 51.4 Å².